The molecule has 1 saturated heterocycles. The number of aromatic nitrogens is 6. The molecule has 5 rings (SSSR count). The van der Waals surface area contributed by atoms with E-state index in [-0.39, 0.29) is 26.4 Å². The van der Waals surface area contributed by atoms with E-state index < -0.39 is 18.0 Å². The van der Waals surface area contributed by atoms with Crippen molar-refractivity contribution in [1.82, 2.24) is 34.9 Å². The second-order valence-corrected chi connectivity index (χ2v) is 7.63. The molecule has 1 atom stereocenters. The van der Waals surface area contributed by atoms with Crippen LogP contribution in [0.5, 0.6) is 0 Å². The van der Waals surface area contributed by atoms with E-state index in [9.17, 15) is 9.59 Å². The molecule has 4 heterocycles. The topological polar surface area (TPSA) is 120 Å². The number of ether oxygens (including phenoxy) is 1. The molecule has 1 aliphatic rings. The van der Waals surface area contributed by atoms with Crippen molar-refractivity contribution in [2.75, 3.05) is 18.0 Å². The lowest BCUT2D eigenvalue weighted by Gasteiger charge is -2.14. The van der Waals surface area contributed by atoms with Crippen LogP contribution in [0.2, 0.25) is 0 Å². The lowest BCUT2D eigenvalue weighted by Crippen LogP contribution is -2.33. The van der Waals surface area contributed by atoms with Gasteiger partial charge in [0, 0.05) is 24.9 Å². The fraction of sp³-hybridized carbons (Fsp3) is 0.273. The lowest BCUT2D eigenvalue weighted by molar-refractivity contribution is -0.119. The third-order valence-corrected chi connectivity index (χ3v) is 5.23. The summed E-state index contributed by atoms with van der Waals surface area (Å²) in [6, 6.07) is 8.09. The number of hydrogen-bond acceptors (Lipinski definition) is 7. The number of hydrogen-bond donors (Lipinski definition) is 1. The Labute approximate surface area is 194 Å². The van der Waals surface area contributed by atoms with Crippen LogP contribution in [0.25, 0.3) is 28.3 Å². The monoisotopic (exact) mass is 466 g/mol. The first-order chi connectivity index (χ1) is 15.9. The highest BCUT2D eigenvalue weighted by molar-refractivity contribution is 5.90. The molecule has 1 N–H and O–H groups in total. The highest BCUT2D eigenvalue weighted by Gasteiger charge is 2.32. The van der Waals surface area contributed by atoms with Crippen LogP contribution in [0.1, 0.15) is 14.4 Å². The molecule has 0 spiro atoms. The van der Waals surface area contributed by atoms with Gasteiger partial charge in [-0.1, -0.05) is 7.43 Å². The molecule has 4 aromatic rings. The summed E-state index contributed by atoms with van der Waals surface area (Å²) >= 11 is 0. The Kier molecular flexibility index (Phi) is 5.97. The molecule has 1 fully saturated rings. The highest BCUT2D eigenvalue weighted by Crippen LogP contribution is 2.30. The first-order valence-corrected chi connectivity index (χ1v) is 10.1. The van der Waals surface area contributed by atoms with Gasteiger partial charge in [0.1, 0.15) is 23.3 Å². The lowest BCUT2D eigenvalue weighted by atomic mass is 10.1. The molecule has 0 radical (unpaired) electrons. The zero-order valence-electron chi connectivity index (χ0n) is 17.8. The predicted octanol–water partition coefficient (Wildman–Crippen LogP) is 2.43. The number of amides is 2. The van der Waals surface area contributed by atoms with Crippen molar-refractivity contribution in [3.8, 4) is 22.6 Å². The summed E-state index contributed by atoms with van der Waals surface area (Å²) < 4.78 is 22.1. The molecule has 2 amide bonds. The highest BCUT2D eigenvalue weighted by atomic mass is 19.1. The number of pyridine rings is 1. The molecule has 0 saturated carbocycles. The summed E-state index contributed by atoms with van der Waals surface area (Å²) in [5.41, 5.74) is 2.53. The molecule has 0 bridgehead atoms. The maximum Gasteiger partial charge on any atom is 0.414 e. The van der Waals surface area contributed by atoms with Crippen molar-refractivity contribution in [2.45, 2.75) is 20.5 Å². The maximum absolute atomic E-state index is 15.0. The average Bonchev–Trinajstić information content (AvgIpc) is 3.49. The number of rotatable bonds is 5. The summed E-state index contributed by atoms with van der Waals surface area (Å²) in [6.07, 6.45) is 2.47. The van der Waals surface area contributed by atoms with E-state index in [0.29, 0.717) is 34.0 Å². The van der Waals surface area contributed by atoms with Gasteiger partial charge in [-0.25, -0.2) is 14.2 Å². The number of anilines is 1. The first kappa shape index (κ1) is 22.8. The Morgan fingerprint density at radius 3 is 2.82 bits per heavy atom. The third kappa shape index (κ3) is 4.29. The summed E-state index contributed by atoms with van der Waals surface area (Å²) in [5, 5.41) is 14.5. The largest absolute Gasteiger partial charge is 0.442 e. The van der Waals surface area contributed by atoms with Crippen LogP contribution in [0.4, 0.5) is 14.9 Å². The number of carbonyl (C=O) groups is 2. The van der Waals surface area contributed by atoms with Crippen molar-refractivity contribution in [1.29, 1.82) is 0 Å². The molecule has 11 nitrogen and oxygen atoms in total. The molecule has 34 heavy (non-hydrogen) atoms. The fourth-order valence-electron chi connectivity index (χ4n) is 3.65. The zero-order chi connectivity index (χ0) is 23.1. The maximum atomic E-state index is 15.0. The van der Waals surface area contributed by atoms with E-state index in [1.54, 1.807) is 48.1 Å². The number of fused-ring (bicyclic) bond motifs is 1. The molecule has 0 aliphatic carbocycles. The van der Waals surface area contributed by atoms with Crippen LogP contribution in [0.15, 0.2) is 42.7 Å². The number of aryl methyl sites for hydroxylation is 1. The van der Waals surface area contributed by atoms with E-state index in [0.717, 1.165) is 0 Å². The van der Waals surface area contributed by atoms with Crippen molar-refractivity contribution < 1.29 is 18.7 Å². The van der Waals surface area contributed by atoms with E-state index in [2.05, 4.69) is 25.7 Å². The number of benzene rings is 1. The van der Waals surface area contributed by atoms with Gasteiger partial charge < -0.3 is 14.5 Å². The van der Waals surface area contributed by atoms with Crippen LogP contribution in [-0.2, 0) is 16.6 Å². The summed E-state index contributed by atoms with van der Waals surface area (Å²) in [5.74, 6) is -0.306. The van der Waals surface area contributed by atoms with Crippen LogP contribution < -0.4 is 10.2 Å². The van der Waals surface area contributed by atoms with Gasteiger partial charge in [0.15, 0.2) is 0 Å². The normalized spacial score (nSPS) is 15.3. The van der Waals surface area contributed by atoms with Crippen molar-refractivity contribution in [3.05, 3.63) is 48.5 Å². The van der Waals surface area contributed by atoms with Gasteiger partial charge in [0.05, 0.1) is 25.8 Å². The van der Waals surface area contributed by atoms with Crippen LogP contribution in [-0.4, -0.2) is 60.8 Å². The number of halogens is 1. The second-order valence-electron chi connectivity index (χ2n) is 7.63. The average molecular weight is 466 g/mol. The standard InChI is InChI=1S/C21H19FN8O3.CH4/c1-12(31)23-9-15-10-30(21(32)33-15)14-3-4-16(17(22)8-14)13-5-6-29-11-18(24-19(29)7-13)20-25-27-28(2)26-20;/h3-8,11,15H,9-10H2,1-2H3,(H,23,31);1H4/t15-;/m0./s1. The van der Waals surface area contributed by atoms with Gasteiger partial charge in [-0.2, -0.15) is 4.80 Å². The molecule has 12 heteroatoms. The number of imidazole rings is 1. The first-order valence-electron chi connectivity index (χ1n) is 10.1. The quantitative estimate of drug-likeness (QED) is 0.480. The molecule has 0 unspecified atom stereocenters. The summed E-state index contributed by atoms with van der Waals surface area (Å²) in [6.45, 7) is 1.81. The molecular formula is C22H23FN8O3. The Balaban J connectivity index is 0.00000274. The molecule has 1 aromatic carbocycles. The summed E-state index contributed by atoms with van der Waals surface area (Å²) in [4.78, 5) is 30.5. The second kappa shape index (κ2) is 8.89. The van der Waals surface area contributed by atoms with Gasteiger partial charge in [-0.05, 0) is 41.1 Å². The zero-order valence-corrected chi connectivity index (χ0v) is 17.8. The number of cyclic esters (lactones) is 1. The van der Waals surface area contributed by atoms with E-state index in [1.807, 2.05) is 0 Å². The molecule has 1 aliphatic heterocycles. The minimum absolute atomic E-state index is 0. The van der Waals surface area contributed by atoms with E-state index in [1.165, 1.54) is 22.7 Å². The number of nitrogens with one attached hydrogen (secondary N) is 1. The van der Waals surface area contributed by atoms with Crippen LogP contribution in [0.3, 0.4) is 0 Å². The van der Waals surface area contributed by atoms with E-state index >= 15 is 4.39 Å². The number of carbonyl (C=O) groups excluding carboxylic acids is 2. The molecule has 3 aromatic heterocycles. The Bertz CT molecular complexity index is 1380. The smallest absolute Gasteiger partial charge is 0.414 e. The Morgan fingerprint density at radius 1 is 1.29 bits per heavy atom. The van der Waals surface area contributed by atoms with Crippen LogP contribution in [0, 0.1) is 5.82 Å². The predicted molar refractivity (Wildman–Crippen MR) is 121 cm³/mol. The minimum Gasteiger partial charge on any atom is -0.442 e. The van der Waals surface area contributed by atoms with Crippen LogP contribution >= 0.6 is 0 Å². The number of tetrazole rings is 1. The van der Waals surface area contributed by atoms with Crippen molar-refractivity contribution in [3.63, 3.8) is 0 Å². The van der Waals surface area contributed by atoms with Gasteiger partial charge in [0.2, 0.25) is 11.7 Å². The SMILES string of the molecule is C.CC(=O)NC[C@H]1CN(c2ccc(-c3ccn4cc(-c5nnn(C)n5)nc4c3)c(F)c2)C(=O)O1. The van der Waals surface area contributed by atoms with Gasteiger partial charge in [0.25, 0.3) is 0 Å². The van der Waals surface area contributed by atoms with Gasteiger partial charge >= 0.3 is 6.09 Å². The van der Waals surface area contributed by atoms with Crippen molar-refractivity contribution >= 4 is 23.3 Å². The van der Waals surface area contributed by atoms with Crippen molar-refractivity contribution in [2.24, 2.45) is 7.05 Å². The van der Waals surface area contributed by atoms with Gasteiger partial charge in [-0.15, -0.1) is 10.2 Å². The fourth-order valence-corrected chi connectivity index (χ4v) is 3.65. The molecule has 176 valence electrons. The summed E-state index contributed by atoms with van der Waals surface area (Å²) in [7, 11) is 1.67. The minimum atomic E-state index is -0.582. The van der Waals surface area contributed by atoms with Gasteiger partial charge in [-0.3, -0.25) is 9.69 Å². The molecular weight excluding hydrogens is 443 g/mol. The Morgan fingerprint density at radius 2 is 2.12 bits per heavy atom. The van der Waals surface area contributed by atoms with E-state index in [4.69, 9.17) is 4.74 Å². The number of nitrogens with zero attached hydrogens (tertiary/aromatic N) is 7. The third-order valence-electron chi connectivity index (χ3n) is 5.23. The Hall–Kier alpha value is -4.35.